The van der Waals surface area contributed by atoms with Gasteiger partial charge in [-0.05, 0) is 48.4 Å². The van der Waals surface area contributed by atoms with Crippen LogP contribution in [0.1, 0.15) is 11.1 Å². The van der Waals surface area contributed by atoms with Crippen LogP contribution in [-0.2, 0) is 6.54 Å². The maximum atomic E-state index is 13.1. The summed E-state index contributed by atoms with van der Waals surface area (Å²) in [5.41, 5.74) is 2.45. The van der Waals surface area contributed by atoms with Gasteiger partial charge in [0.1, 0.15) is 11.6 Å². The number of benzene rings is 2. The van der Waals surface area contributed by atoms with Crippen LogP contribution in [0.15, 0.2) is 40.9 Å². The summed E-state index contributed by atoms with van der Waals surface area (Å²) in [4.78, 5) is 0. The van der Waals surface area contributed by atoms with E-state index >= 15 is 0 Å². The molecule has 1 N–H and O–H groups in total. The molecule has 0 bridgehead atoms. The Labute approximate surface area is 113 Å². The molecular formula is C14H12BrF2N. The molecule has 0 spiro atoms. The van der Waals surface area contributed by atoms with Gasteiger partial charge in [-0.2, -0.15) is 0 Å². The van der Waals surface area contributed by atoms with Gasteiger partial charge in [0.15, 0.2) is 0 Å². The Morgan fingerprint density at radius 2 is 1.72 bits per heavy atom. The van der Waals surface area contributed by atoms with Crippen LogP contribution in [0.5, 0.6) is 0 Å². The summed E-state index contributed by atoms with van der Waals surface area (Å²) in [6, 6.07) is 9.05. The lowest BCUT2D eigenvalue weighted by atomic mass is 10.1. The van der Waals surface area contributed by atoms with Crippen LogP contribution in [0.4, 0.5) is 14.5 Å². The molecule has 0 aliphatic rings. The fourth-order valence-corrected chi connectivity index (χ4v) is 2.04. The molecule has 0 unspecified atom stereocenters. The van der Waals surface area contributed by atoms with E-state index in [1.807, 2.05) is 6.92 Å². The second-order valence-electron chi connectivity index (χ2n) is 4.05. The monoisotopic (exact) mass is 311 g/mol. The van der Waals surface area contributed by atoms with Crippen LogP contribution < -0.4 is 5.32 Å². The molecule has 4 heteroatoms. The zero-order valence-corrected chi connectivity index (χ0v) is 11.4. The molecule has 2 aromatic carbocycles. The van der Waals surface area contributed by atoms with E-state index in [-0.39, 0.29) is 11.6 Å². The topological polar surface area (TPSA) is 12.0 Å². The van der Waals surface area contributed by atoms with Crippen LogP contribution in [-0.4, -0.2) is 0 Å². The van der Waals surface area contributed by atoms with Gasteiger partial charge in [-0.1, -0.05) is 22.0 Å². The van der Waals surface area contributed by atoms with Crippen LogP contribution >= 0.6 is 15.9 Å². The molecule has 2 rings (SSSR count). The molecule has 0 saturated heterocycles. The minimum Gasteiger partial charge on any atom is -0.381 e. The highest BCUT2D eigenvalue weighted by Crippen LogP contribution is 2.21. The van der Waals surface area contributed by atoms with Crippen molar-refractivity contribution in [2.24, 2.45) is 0 Å². The summed E-state index contributed by atoms with van der Waals surface area (Å²) in [6.07, 6.45) is 0. The summed E-state index contributed by atoms with van der Waals surface area (Å²) >= 11 is 3.36. The first-order valence-electron chi connectivity index (χ1n) is 5.50. The highest BCUT2D eigenvalue weighted by Gasteiger charge is 2.04. The van der Waals surface area contributed by atoms with E-state index in [4.69, 9.17) is 0 Å². The summed E-state index contributed by atoms with van der Waals surface area (Å²) in [7, 11) is 0. The predicted molar refractivity (Wildman–Crippen MR) is 72.6 cm³/mol. The molecule has 1 nitrogen and oxygen atoms in total. The van der Waals surface area contributed by atoms with Gasteiger partial charge in [0, 0.05) is 16.7 Å². The molecule has 2 aromatic rings. The SMILES string of the molecule is Cc1ccc(F)cc1NCc1cc(F)ccc1Br. The van der Waals surface area contributed by atoms with Crippen molar-refractivity contribution in [3.63, 3.8) is 0 Å². The highest BCUT2D eigenvalue weighted by molar-refractivity contribution is 9.10. The van der Waals surface area contributed by atoms with Crippen molar-refractivity contribution in [2.75, 3.05) is 5.32 Å². The van der Waals surface area contributed by atoms with E-state index in [1.54, 1.807) is 12.1 Å². The first kappa shape index (κ1) is 13.0. The van der Waals surface area contributed by atoms with Crippen molar-refractivity contribution in [3.05, 3.63) is 63.6 Å². The lowest BCUT2D eigenvalue weighted by Gasteiger charge is -2.11. The molecular weight excluding hydrogens is 300 g/mol. The van der Waals surface area contributed by atoms with E-state index in [0.717, 1.165) is 15.6 Å². The number of rotatable bonds is 3. The quantitative estimate of drug-likeness (QED) is 0.870. The minimum absolute atomic E-state index is 0.286. The molecule has 0 heterocycles. The van der Waals surface area contributed by atoms with Crippen molar-refractivity contribution in [1.29, 1.82) is 0 Å². The van der Waals surface area contributed by atoms with E-state index in [2.05, 4.69) is 21.2 Å². The van der Waals surface area contributed by atoms with Gasteiger partial charge in [0.25, 0.3) is 0 Å². The first-order chi connectivity index (χ1) is 8.56. The van der Waals surface area contributed by atoms with Crippen LogP contribution in [0.2, 0.25) is 0 Å². The zero-order valence-electron chi connectivity index (χ0n) is 9.81. The maximum absolute atomic E-state index is 13.1. The average molecular weight is 312 g/mol. The Morgan fingerprint density at radius 3 is 2.50 bits per heavy atom. The lowest BCUT2D eigenvalue weighted by Crippen LogP contribution is -2.02. The van der Waals surface area contributed by atoms with Crippen molar-refractivity contribution in [2.45, 2.75) is 13.5 Å². The first-order valence-corrected chi connectivity index (χ1v) is 6.29. The fourth-order valence-electron chi connectivity index (χ4n) is 1.65. The van der Waals surface area contributed by atoms with Gasteiger partial charge in [-0.25, -0.2) is 8.78 Å². The summed E-state index contributed by atoms with van der Waals surface area (Å²) in [5, 5.41) is 3.10. The third-order valence-electron chi connectivity index (χ3n) is 2.68. The Bertz CT molecular complexity index is 518. The smallest absolute Gasteiger partial charge is 0.125 e. The van der Waals surface area contributed by atoms with Crippen LogP contribution in [0, 0.1) is 18.6 Å². The normalized spacial score (nSPS) is 10.4. The van der Waals surface area contributed by atoms with E-state index in [9.17, 15) is 8.78 Å². The average Bonchev–Trinajstić information content (AvgIpc) is 2.34. The molecule has 0 fully saturated rings. The molecule has 0 amide bonds. The van der Waals surface area contributed by atoms with Crippen molar-refractivity contribution in [3.8, 4) is 0 Å². The third kappa shape index (κ3) is 3.07. The van der Waals surface area contributed by atoms with Crippen LogP contribution in [0.3, 0.4) is 0 Å². The van der Waals surface area contributed by atoms with Crippen molar-refractivity contribution in [1.82, 2.24) is 0 Å². The Kier molecular flexibility index (Phi) is 3.97. The number of hydrogen-bond donors (Lipinski definition) is 1. The number of hydrogen-bond acceptors (Lipinski definition) is 1. The molecule has 0 atom stereocenters. The lowest BCUT2D eigenvalue weighted by molar-refractivity contribution is 0.624. The zero-order chi connectivity index (χ0) is 13.1. The Balaban J connectivity index is 2.16. The van der Waals surface area contributed by atoms with Gasteiger partial charge in [-0.3, -0.25) is 0 Å². The Hall–Kier alpha value is -1.42. The molecule has 0 radical (unpaired) electrons. The third-order valence-corrected chi connectivity index (χ3v) is 3.45. The van der Waals surface area contributed by atoms with Gasteiger partial charge in [-0.15, -0.1) is 0 Å². The van der Waals surface area contributed by atoms with E-state index < -0.39 is 0 Å². The van der Waals surface area contributed by atoms with E-state index in [0.29, 0.717) is 12.2 Å². The second-order valence-corrected chi connectivity index (χ2v) is 4.90. The molecule has 18 heavy (non-hydrogen) atoms. The van der Waals surface area contributed by atoms with Gasteiger partial charge >= 0.3 is 0 Å². The number of anilines is 1. The largest absolute Gasteiger partial charge is 0.381 e. The van der Waals surface area contributed by atoms with Crippen molar-refractivity contribution < 1.29 is 8.78 Å². The molecule has 0 aliphatic carbocycles. The highest BCUT2D eigenvalue weighted by atomic mass is 79.9. The molecule has 0 aliphatic heterocycles. The summed E-state index contributed by atoms with van der Waals surface area (Å²) in [6.45, 7) is 2.32. The summed E-state index contributed by atoms with van der Waals surface area (Å²) < 4.78 is 27.0. The number of nitrogens with one attached hydrogen (secondary N) is 1. The molecule has 0 saturated carbocycles. The van der Waals surface area contributed by atoms with Crippen molar-refractivity contribution >= 4 is 21.6 Å². The number of halogens is 3. The standard InChI is InChI=1S/C14H12BrF2N/c1-9-2-3-12(17)7-14(9)18-8-10-6-11(16)4-5-13(10)15/h2-7,18H,8H2,1H3. The van der Waals surface area contributed by atoms with E-state index in [1.165, 1.54) is 24.3 Å². The van der Waals surface area contributed by atoms with Gasteiger partial charge in [0.05, 0.1) is 0 Å². The van der Waals surface area contributed by atoms with Gasteiger partial charge < -0.3 is 5.32 Å². The second kappa shape index (κ2) is 5.48. The summed E-state index contributed by atoms with van der Waals surface area (Å²) in [5.74, 6) is -0.577. The van der Waals surface area contributed by atoms with Crippen LogP contribution in [0.25, 0.3) is 0 Å². The van der Waals surface area contributed by atoms with Gasteiger partial charge in [0.2, 0.25) is 0 Å². The molecule has 94 valence electrons. The number of aryl methyl sites for hydroxylation is 1. The maximum Gasteiger partial charge on any atom is 0.125 e. The minimum atomic E-state index is -0.290. The molecule has 0 aromatic heterocycles. The fraction of sp³-hybridized carbons (Fsp3) is 0.143. The predicted octanol–water partition coefficient (Wildman–Crippen LogP) is 4.65. The Morgan fingerprint density at radius 1 is 1.06 bits per heavy atom.